The number of nitrogens with zero attached hydrogens (tertiary/aromatic N) is 2. The molecule has 4 amide bonds. The Hall–Kier alpha value is -5.24. The smallest absolute Gasteiger partial charge is 0.260 e. The number of hydrazine groups is 1. The van der Waals surface area contributed by atoms with E-state index in [0.29, 0.717) is 17.5 Å². The van der Waals surface area contributed by atoms with Crippen LogP contribution < -0.4 is 5.43 Å². The molecule has 0 bridgehead atoms. The van der Waals surface area contributed by atoms with Crippen LogP contribution in [0.2, 0.25) is 0 Å². The number of anilines is 1. The lowest BCUT2D eigenvalue weighted by atomic mass is 9.49. The molecule has 8 heteroatoms. The van der Waals surface area contributed by atoms with Gasteiger partial charge in [0.1, 0.15) is 5.75 Å². The lowest BCUT2D eigenvalue weighted by Gasteiger charge is -2.51. The van der Waals surface area contributed by atoms with E-state index >= 15 is 4.79 Å². The molecule has 8 nitrogen and oxygen atoms in total. The summed E-state index contributed by atoms with van der Waals surface area (Å²) in [5.74, 6) is -3.76. The molecule has 0 radical (unpaired) electrons. The second-order valence-electron chi connectivity index (χ2n) is 15.1. The zero-order valence-electron chi connectivity index (χ0n) is 28.6. The summed E-state index contributed by atoms with van der Waals surface area (Å²) in [7, 11) is 0. The van der Waals surface area contributed by atoms with E-state index in [0.717, 1.165) is 59.8 Å². The molecule has 0 aromatic heterocycles. The fourth-order valence-electron chi connectivity index (χ4n) is 10.4. The third-order valence-electron chi connectivity index (χ3n) is 12.6. The first-order chi connectivity index (χ1) is 24.8. The Balaban J connectivity index is 1.26. The van der Waals surface area contributed by atoms with Crippen LogP contribution in [0.4, 0.5) is 5.69 Å². The highest BCUT2D eigenvalue weighted by molar-refractivity contribution is 6.13. The predicted octanol–water partition coefficient (Wildman–Crippen LogP) is 7.17. The molecule has 2 aliphatic heterocycles. The van der Waals surface area contributed by atoms with Gasteiger partial charge in [-0.1, -0.05) is 109 Å². The van der Waals surface area contributed by atoms with E-state index in [1.807, 2.05) is 91.9 Å². The summed E-state index contributed by atoms with van der Waals surface area (Å²) in [5.41, 5.74) is 5.95. The fourth-order valence-corrected chi connectivity index (χ4v) is 10.4. The van der Waals surface area contributed by atoms with Gasteiger partial charge in [-0.05, 0) is 73.2 Å². The molecule has 0 spiro atoms. The molecule has 4 aromatic carbocycles. The van der Waals surface area contributed by atoms with Gasteiger partial charge in [0.15, 0.2) is 0 Å². The van der Waals surface area contributed by atoms with Crippen LogP contribution in [0.1, 0.15) is 67.6 Å². The maximum atomic E-state index is 15.4. The van der Waals surface area contributed by atoms with Gasteiger partial charge >= 0.3 is 0 Å². The first-order valence-electron chi connectivity index (χ1n) is 18.4. The fraction of sp³-hybridized carbons (Fsp3) is 0.349. The lowest BCUT2D eigenvalue weighted by molar-refractivity contribution is -0.144. The number of nitrogens with one attached hydrogen (secondary N) is 1. The number of phenols is 1. The number of allylic oxidation sites excluding steroid dienone is 2. The SMILES string of the molecule is Cc1ccc(NN2C(=O)C3CC4C(=CCC5C(=O)N(C6CCCCC6)C(=O)C54)C(c4ccc(O)c5ccccc45)C3(c3ccccc3)C2=O)cc1. The number of aromatic hydroxyl groups is 1. The summed E-state index contributed by atoms with van der Waals surface area (Å²) < 4.78 is 0. The number of imide groups is 2. The maximum absolute atomic E-state index is 15.4. The first kappa shape index (κ1) is 31.7. The molecule has 5 aliphatic rings. The number of benzene rings is 4. The summed E-state index contributed by atoms with van der Waals surface area (Å²) in [4.78, 5) is 60.7. The zero-order chi connectivity index (χ0) is 35.0. The first-order valence-corrected chi connectivity index (χ1v) is 18.4. The van der Waals surface area contributed by atoms with E-state index in [9.17, 15) is 19.5 Å². The number of likely N-dealkylation sites (tertiary alicyclic amines) is 1. The van der Waals surface area contributed by atoms with Crippen molar-refractivity contribution in [3.05, 3.63) is 119 Å². The van der Waals surface area contributed by atoms with Gasteiger partial charge in [-0.2, -0.15) is 5.01 Å². The number of carbonyl (C=O) groups excluding carboxylic acids is 4. The van der Waals surface area contributed by atoms with Crippen molar-refractivity contribution in [3.63, 3.8) is 0 Å². The van der Waals surface area contributed by atoms with Gasteiger partial charge in [0.05, 0.1) is 28.9 Å². The largest absolute Gasteiger partial charge is 0.507 e. The van der Waals surface area contributed by atoms with Gasteiger partial charge in [-0.3, -0.25) is 29.5 Å². The summed E-state index contributed by atoms with van der Waals surface area (Å²) in [5, 5.41) is 13.6. The van der Waals surface area contributed by atoms with Crippen LogP contribution in [-0.2, 0) is 24.6 Å². The van der Waals surface area contributed by atoms with Gasteiger partial charge in [0, 0.05) is 17.3 Å². The van der Waals surface area contributed by atoms with Crippen molar-refractivity contribution in [2.45, 2.75) is 69.2 Å². The second kappa shape index (κ2) is 11.9. The zero-order valence-corrected chi connectivity index (χ0v) is 28.6. The van der Waals surface area contributed by atoms with Gasteiger partial charge < -0.3 is 5.11 Å². The standard InChI is InChI=1S/C43H41N3O5/c1-25-16-18-27(19-17-25)44-46-40(49)35-24-34-32(20-21-33-37(34)41(50)45(39(33)48)28-12-6-3-7-13-28)38(43(35,42(46)51)26-10-4-2-5-11-26)31-22-23-36(47)30-15-9-8-14-29(30)31/h2,4-5,8-11,14-20,22-23,28,33-35,37-38,44,47H,3,6-7,12-13,21,24H2,1H3. The molecule has 2 saturated heterocycles. The molecular formula is C43H41N3O5. The highest BCUT2D eigenvalue weighted by Crippen LogP contribution is 2.65. The molecule has 51 heavy (non-hydrogen) atoms. The highest BCUT2D eigenvalue weighted by Gasteiger charge is 2.70. The molecule has 4 aromatic rings. The van der Waals surface area contributed by atoms with Crippen molar-refractivity contribution in [2.75, 3.05) is 5.43 Å². The monoisotopic (exact) mass is 679 g/mol. The predicted molar refractivity (Wildman–Crippen MR) is 193 cm³/mol. The minimum absolute atomic E-state index is 0.0828. The van der Waals surface area contributed by atoms with Gasteiger partial charge in [0.2, 0.25) is 11.8 Å². The third-order valence-corrected chi connectivity index (χ3v) is 12.6. The van der Waals surface area contributed by atoms with Gasteiger partial charge in [-0.25, -0.2) is 0 Å². The van der Waals surface area contributed by atoms with Crippen molar-refractivity contribution < 1.29 is 24.3 Å². The molecular weight excluding hydrogens is 638 g/mol. The Morgan fingerprint density at radius 2 is 1.45 bits per heavy atom. The molecule has 2 saturated carbocycles. The molecule has 2 heterocycles. The number of phenolic OH excluding ortho intramolecular Hbond substituents is 1. The Bertz CT molecular complexity index is 2120. The van der Waals surface area contributed by atoms with Gasteiger partial charge in [-0.15, -0.1) is 0 Å². The average molecular weight is 680 g/mol. The highest BCUT2D eigenvalue weighted by atomic mass is 16.3. The topological polar surface area (TPSA) is 107 Å². The number of carbonyl (C=O) groups is 4. The van der Waals surface area contributed by atoms with E-state index in [2.05, 4.69) is 11.5 Å². The van der Waals surface area contributed by atoms with Crippen LogP contribution in [0, 0.1) is 30.6 Å². The lowest BCUT2D eigenvalue weighted by Crippen LogP contribution is -2.53. The van der Waals surface area contributed by atoms with Crippen molar-refractivity contribution in [1.82, 2.24) is 9.91 Å². The number of aryl methyl sites for hydroxylation is 1. The van der Waals surface area contributed by atoms with E-state index in [4.69, 9.17) is 0 Å². The van der Waals surface area contributed by atoms with Crippen LogP contribution in [0.25, 0.3) is 10.8 Å². The van der Waals surface area contributed by atoms with Crippen LogP contribution in [0.15, 0.2) is 103 Å². The number of hydrogen-bond acceptors (Lipinski definition) is 6. The minimum atomic E-state index is -1.36. The normalized spacial score (nSPS) is 29.2. The van der Waals surface area contributed by atoms with Crippen LogP contribution in [0.5, 0.6) is 5.75 Å². The number of fused-ring (bicyclic) bond motifs is 5. The Labute approximate surface area is 297 Å². The van der Waals surface area contributed by atoms with Gasteiger partial charge in [0.25, 0.3) is 11.8 Å². The third kappa shape index (κ3) is 4.57. The van der Waals surface area contributed by atoms with Crippen LogP contribution in [0.3, 0.4) is 0 Å². The van der Waals surface area contributed by atoms with E-state index in [1.165, 1.54) is 5.01 Å². The molecule has 4 fully saturated rings. The van der Waals surface area contributed by atoms with Crippen molar-refractivity contribution in [1.29, 1.82) is 0 Å². The van der Waals surface area contributed by atoms with E-state index < -0.39 is 35.0 Å². The number of hydrogen-bond donors (Lipinski definition) is 2. The van der Waals surface area contributed by atoms with E-state index in [1.54, 1.807) is 11.0 Å². The maximum Gasteiger partial charge on any atom is 0.260 e. The van der Waals surface area contributed by atoms with Crippen LogP contribution >= 0.6 is 0 Å². The van der Waals surface area contributed by atoms with Crippen molar-refractivity contribution in [2.24, 2.45) is 23.7 Å². The minimum Gasteiger partial charge on any atom is -0.507 e. The average Bonchev–Trinajstić information content (AvgIpc) is 3.54. The summed E-state index contributed by atoms with van der Waals surface area (Å²) in [6.45, 7) is 1.98. The second-order valence-corrected chi connectivity index (χ2v) is 15.1. The van der Waals surface area contributed by atoms with Crippen LogP contribution in [-0.4, -0.2) is 44.7 Å². The molecule has 3 aliphatic carbocycles. The summed E-state index contributed by atoms with van der Waals surface area (Å²) in [6, 6.07) is 28.2. The Morgan fingerprint density at radius 1 is 0.745 bits per heavy atom. The number of rotatable bonds is 5. The summed E-state index contributed by atoms with van der Waals surface area (Å²) >= 11 is 0. The molecule has 258 valence electrons. The van der Waals surface area contributed by atoms with Crippen molar-refractivity contribution >= 4 is 40.1 Å². The number of amides is 4. The van der Waals surface area contributed by atoms with E-state index in [-0.39, 0.29) is 41.8 Å². The molecule has 6 unspecified atom stereocenters. The Kier molecular flexibility index (Phi) is 7.42. The molecule has 9 rings (SSSR count). The quantitative estimate of drug-likeness (QED) is 0.171. The van der Waals surface area contributed by atoms with Crippen molar-refractivity contribution in [3.8, 4) is 5.75 Å². The summed E-state index contributed by atoms with van der Waals surface area (Å²) in [6.07, 6.45) is 7.56. The molecule has 2 N–H and O–H groups in total. The Morgan fingerprint density at radius 3 is 2.20 bits per heavy atom. The molecule has 6 atom stereocenters.